The minimum Gasteiger partial charge on any atom is -0.492 e. The fourth-order valence-corrected chi connectivity index (χ4v) is 2.08. The lowest BCUT2D eigenvalue weighted by Crippen LogP contribution is -2.22. The highest BCUT2D eigenvalue weighted by Gasteiger charge is 2.07. The third-order valence-electron chi connectivity index (χ3n) is 3.12. The molecule has 0 spiro atoms. The van der Waals surface area contributed by atoms with Crippen LogP contribution in [0.2, 0.25) is 0 Å². The first-order valence-electron chi connectivity index (χ1n) is 7.82. The molecule has 2 aromatic carbocycles. The SMILES string of the molecule is C=CCOc1cccc(NCC(=O)Nc2ccccc2OCC)c1. The monoisotopic (exact) mass is 326 g/mol. The molecule has 126 valence electrons. The molecular formula is C19H22N2O3. The normalized spacial score (nSPS) is 9.88. The Hall–Kier alpha value is -2.95. The number of benzene rings is 2. The minimum atomic E-state index is -0.153. The highest BCUT2D eigenvalue weighted by atomic mass is 16.5. The molecule has 1 amide bonds. The zero-order valence-corrected chi connectivity index (χ0v) is 13.7. The number of amides is 1. The zero-order chi connectivity index (χ0) is 17.2. The second-order valence-corrected chi connectivity index (χ2v) is 4.96. The van der Waals surface area contributed by atoms with E-state index < -0.39 is 0 Å². The highest BCUT2D eigenvalue weighted by molar-refractivity contribution is 5.95. The van der Waals surface area contributed by atoms with Gasteiger partial charge in [-0.05, 0) is 31.2 Å². The maximum absolute atomic E-state index is 12.1. The van der Waals surface area contributed by atoms with Gasteiger partial charge in [0.05, 0.1) is 18.8 Å². The summed E-state index contributed by atoms with van der Waals surface area (Å²) in [6.07, 6.45) is 1.68. The summed E-state index contributed by atoms with van der Waals surface area (Å²) < 4.78 is 11.0. The third-order valence-corrected chi connectivity index (χ3v) is 3.12. The molecule has 5 nitrogen and oxygen atoms in total. The van der Waals surface area contributed by atoms with E-state index in [1.165, 1.54) is 0 Å². The lowest BCUT2D eigenvalue weighted by Gasteiger charge is -2.12. The van der Waals surface area contributed by atoms with E-state index in [0.717, 1.165) is 11.4 Å². The molecule has 0 heterocycles. The first-order valence-corrected chi connectivity index (χ1v) is 7.82. The van der Waals surface area contributed by atoms with Gasteiger partial charge in [0.15, 0.2) is 0 Å². The van der Waals surface area contributed by atoms with E-state index >= 15 is 0 Å². The number of para-hydroxylation sites is 2. The second-order valence-electron chi connectivity index (χ2n) is 4.96. The van der Waals surface area contributed by atoms with E-state index in [-0.39, 0.29) is 12.5 Å². The Morgan fingerprint density at radius 2 is 2.00 bits per heavy atom. The van der Waals surface area contributed by atoms with Crippen LogP contribution in [0.3, 0.4) is 0 Å². The summed E-state index contributed by atoms with van der Waals surface area (Å²) in [5, 5.41) is 5.92. The second kappa shape index (κ2) is 9.25. The van der Waals surface area contributed by atoms with E-state index in [4.69, 9.17) is 9.47 Å². The minimum absolute atomic E-state index is 0.144. The van der Waals surface area contributed by atoms with Crippen molar-refractivity contribution < 1.29 is 14.3 Å². The van der Waals surface area contributed by atoms with Gasteiger partial charge in [-0.2, -0.15) is 0 Å². The van der Waals surface area contributed by atoms with Crippen molar-refractivity contribution in [2.45, 2.75) is 6.92 Å². The number of rotatable bonds is 9. The van der Waals surface area contributed by atoms with Crippen LogP contribution in [0.1, 0.15) is 6.92 Å². The smallest absolute Gasteiger partial charge is 0.243 e. The van der Waals surface area contributed by atoms with Gasteiger partial charge < -0.3 is 20.1 Å². The molecule has 0 atom stereocenters. The molecule has 0 aliphatic carbocycles. The van der Waals surface area contributed by atoms with Gasteiger partial charge in [0.2, 0.25) is 5.91 Å². The lowest BCUT2D eigenvalue weighted by atomic mass is 10.3. The van der Waals surface area contributed by atoms with Crippen LogP contribution in [0.15, 0.2) is 61.2 Å². The predicted octanol–water partition coefficient (Wildman–Crippen LogP) is 3.70. The number of hydrogen-bond donors (Lipinski definition) is 2. The highest BCUT2D eigenvalue weighted by Crippen LogP contribution is 2.23. The van der Waals surface area contributed by atoms with Crippen LogP contribution in [-0.4, -0.2) is 25.7 Å². The number of nitrogens with one attached hydrogen (secondary N) is 2. The van der Waals surface area contributed by atoms with Crippen molar-refractivity contribution >= 4 is 17.3 Å². The summed E-state index contributed by atoms with van der Waals surface area (Å²) >= 11 is 0. The van der Waals surface area contributed by atoms with E-state index in [1.54, 1.807) is 6.08 Å². The Balaban J connectivity index is 1.90. The van der Waals surface area contributed by atoms with Crippen molar-refractivity contribution in [1.29, 1.82) is 0 Å². The molecule has 0 aliphatic heterocycles. The number of anilines is 2. The van der Waals surface area contributed by atoms with E-state index in [9.17, 15) is 4.79 Å². The van der Waals surface area contributed by atoms with Crippen molar-refractivity contribution in [3.8, 4) is 11.5 Å². The lowest BCUT2D eigenvalue weighted by molar-refractivity contribution is -0.114. The van der Waals surface area contributed by atoms with Gasteiger partial charge in [0, 0.05) is 11.8 Å². The van der Waals surface area contributed by atoms with E-state index in [0.29, 0.717) is 24.7 Å². The van der Waals surface area contributed by atoms with Crippen molar-refractivity contribution in [3.05, 3.63) is 61.2 Å². The average Bonchev–Trinajstić information content (AvgIpc) is 2.60. The molecule has 0 saturated heterocycles. The molecule has 2 rings (SSSR count). The summed E-state index contributed by atoms with van der Waals surface area (Å²) in [5.74, 6) is 1.23. The van der Waals surface area contributed by atoms with Crippen LogP contribution >= 0.6 is 0 Å². The molecule has 24 heavy (non-hydrogen) atoms. The van der Waals surface area contributed by atoms with Crippen molar-refractivity contribution in [2.24, 2.45) is 0 Å². The fraction of sp³-hybridized carbons (Fsp3) is 0.211. The van der Waals surface area contributed by atoms with Gasteiger partial charge in [-0.1, -0.05) is 30.9 Å². The van der Waals surface area contributed by atoms with Crippen LogP contribution in [0.5, 0.6) is 11.5 Å². The van der Waals surface area contributed by atoms with Crippen LogP contribution < -0.4 is 20.1 Å². The molecule has 0 bridgehead atoms. The Kier molecular flexibility index (Phi) is 6.71. The van der Waals surface area contributed by atoms with Crippen LogP contribution in [0.25, 0.3) is 0 Å². The van der Waals surface area contributed by atoms with Gasteiger partial charge in [-0.3, -0.25) is 4.79 Å². The number of carbonyl (C=O) groups is 1. The average molecular weight is 326 g/mol. The first kappa shape index (κ1) is 17.4. The summed E-state index contributed by atoms with van der Waals surface area (Å²) in [4.78, 5) is 12.1. The van der Waals surface area contributed by atoms with E-state index in [1.807, 2.05) is 55.5 Å². The first-order chi connectivity index (χ1) is 11.7. The summed E-state index contributed by atoms with van der Waals surface area (Å²) in [5.41, 5.74) is 1.47. The predicted molar refractivity (Wildman–Crippen MR) is 96.9 cm³/mol. The Labute approximate surface area is 142 Å². The molecular weight excluding hydrogens is 304 g/mol. The quantitative estimate of drug-likeness (QED) is 0.690. The number of hydrogen-bond acceptors (Lipinski definition) is 4. The summed E-state index contributed by atoms with van der Waals surface area (Å²) in [6.45, 7) is 6.65. The number of carbonyl (C=O) groups excluding carboxylic acids is 1. The van der Waals surface area contributed by atoms with Crippen molar-refractivity contribution in [3.63, 3.8) is 0 Å². The molecule has 0 saturated carbocycles. The molecule has 0 aromatic heterocycles. The number of ether oxygens (including phenoxy) is 2. The van der Waals surface area contributed by atoms with Crippen molar-refractivity contribution in [2.75, 3.05) is 30.4 Å². The summed E-state index contributed by atoms with van der Waals surface area (Å²) in [7, 11) is 0. The van der Waals surface area contributed by atoms with Gasteiger partial charge in [-0.15, -0.1) is 0 Å². The maximum atomic E-state index is 12.1. The van der Waals surface area contributed by atoms with Gasteiger partial charge in [0.25, 0.3) is 0 Å². The summed E-state index contributed by atoms with van der Waals surface area (Å²) in [6, 6.07) is 14.8. The largest absolute Gasteiger partial charge is 0.492 e. The topological polar surface area (TPSA) is 59.6 Å². The Morgan fingerprint density at radius 3 is 2.79 bits per heavy atom. The Morgan fingerprint density at radius 1 is 1.17 bits per heavy atom. The molecule has 0 radical (unpaired) electrons. The fourth-order valence-electron chi connectivity index (χ4n) is 2.08. The molecule has 0 unspecified atom stereocenters. The van der Waals surface area contributed by atoms with Gasteiger partial charge in [-0.25, -0.2) is 0 Å². The zero-order valence-electron chi connectivity index (χ0n) is 13.7. The maximum Gasteiger partial charge on any atom is 0.243 e. The molecule has 0 aliphatic rings. The van der Waals surface area contributed by atoms with E-state index in [2.05, 4.69) is 17.2 Å². The molecule has 2 aromatic rings. The van der Waals surface area contributed by atoms with Crippen LogP contribution in [0, 0.1) is 0 Å². The van der Waals surface area contributed by atoms with Gasteiger partial charge >= 0.3 is 0 Å². The molecule has 5 heteroatoms. The van der Waals surface area contributed by atoms with Crippen LogP contribution in [-0.2, 0) is 4.79 Å². The van der Waals surface area contributed by atoms with Crippen molar-refractivity contribution in [1.82, 2.24) is 0 Å². The van der Waals surface area contributed by atoms with Crippen LogP contribution in [0.4, 0.5) is 11.4 Å². The molecule has 0 fully saturated rings. The Bertz CT molecular complexity index is 686. The standard InChI is InChI=1S/C19H22N2O3/c1-3-12-24-16-9-7-8-15(13-16)20-14-19(22)21-17-10-5-6-11-18(17)23-4-2/h3,5-11,13,20H,1,4,12,14H2,2H3,(H,21,22). The molecule has 2 N–H and O–H groups in total. The van der Waals surface area contributed by atoms with Gasteiger partial charge in [0.1, 0.15) is 18.1 Å². The third kappa shape index (κ3) is 5.35.